The highest BCUT2D eigenvalue weighted by Crippen LogP contribution is 2.44. The van der Waals surface area contributed by atoms with Crippen molar-refractivity contribution in [2.45, 2.75) is 25.5 Å². The van der Waals surface area contributed by atoms with Crippen LogP contribution in [0.1, 0.15) is 29.7 Å². The van der Waals surface area contributed by atoms with E-state index >= 15 is 0 Å². The topological polar surface area (TPSA) is 97.8 Å². The first kappa shape index (κ1) is 25.1. The molecule has 0 aliphatic carbocycles. The normalized spacial score (nSPS) is 23.2. The third-order valence-corrected chi connectivity index (χ3v) is 7.21. The number of aliphatic hydroxyl groups is 1. The minimum atomic E-state index is -0.815. The zero-order valence-corrected chi connectivity index (χ0v) is 21.4. The zero-order chi connectivity index (χ0) is 26.1. The van der Waals surface area contributed by atoms with Crippen LogP contribution in [0.25, 0.3) is 5.76 Å². The van der Waals surface area contributed by atoms with E-state index in [4.69, 9.17) is 18.9 Å². The summed E-state index contributed by atoms with van der Waals surface area (Å²) in [5.41, 5.74) is 2.07. The average Bonchev–Trinajstić information content (AvgIpc) is 3.42. The SMILES string of the molecule is COc1ccc(C2/C(=C(\O)c3ccc4c(c3)CC(C)O4)C(=O)C(=O)N2CCN2CCOCC2)c(OC)c1. The van der Waals surface area contributed by atoms with Gasteiger partial charge >= 0.3 is 0 Å². The molecule has 9 nitrogen and oxygen atoms in total. The third kappa shape index (κ3) is 4.76. The quantitative estimate of drug-likeness (QED) is 0.347. The number of hydrogen-bond donors (Lipinski definition) is 1. The van der Waals surface area contributed by atoms with Crippen molar-refractivity contribution >= 4 is 17.4 Å². The van der Waals surface area contributed by atoms with Gasteiger partial charge in [-0.3, -0.25) is 14.5 Å². The van der Waals surface area contributed by atoms with Gasteiger partial charge in [0.15, 0.2) is 0 Å². The number of benzene rings is 2. The van der Waals surface area contributed by atoms with Gasteiger partial charge in [0.1, 0.15) is 29.1 Å². The van der Waals surface area contributed by atoms with Crippen LogP contribution in [0.15, 0.2) is 42.0 Å². The summed E-state index contributed by atoms with van der Waals surface area (Å²) in [6.07, 6.45) is 0.752. The summed E-state index contributed by atoms with van der Waals surface area (Å²) < 4.78 is 22.2. The first-order valence-electron chi connectivity index (χ1n) is 12.5. The molecule has 37 heavy (non-hydrogen) atoms. The van der Waals surface area contributed by atoms with Crippen LogP contribution < -0.4 is 14.2 Å². The van der Waals surface area contributed by atoms with E-state index in [1.54, 1.807) is 37.4 Å². The van der Waals surface area contributed by atoms with Gasteiger partial charge in [-0.05, 0) is 42.8 Å². The smallest absolute Gasteiger partial charge is 0.295 e. The van der Waals surface area contributed by atoms with Gasteiger partial charge in [0.05, 0.1) is 39.0 Å². The Morgan fingerprint density at radius 2 is 1.84 bits per heavy atom. The maximum absolute atomic E-state index is 13.4. The van der Waals surface area contributed by atoms with Crippen LogP contribution in [-0.2, 0) is 20.7 Å². The number of carbonyl (C=O) groups excluding carboxylic acids is 2. The highest BCUT2D eigenvalue weighted by atomic mass is 16.5. The summed E-state index contributed by atoms with van der Waals surface area (Å²) in [5.74, 6) is 0.243. The second-order valence-corrected chi connectivity index (χ2v) is 9.51. The molecule has 2 fully saturated rings. The summed E-state index contributed by atoms with van der Waals surface area (Å²) in [4.78, 5) is 30.5. The van der Waals surface area contributed by atoms with Crippen molar-refractivity contribution in [1.29, 1.82) is 0 Å². The summed E-state index contributed by atoms with van der Waals surface area (Å²) in [6.45, 7) is 5.67. The first-order chi connectivity index (χ1) is 17.9. The third-order valence-electron chi connectivity index (χ3n) is 7.21. The molecule has 0 spiro atoms. The molecule has 0 bridgehead atoms. The first-order valence-corrected chi connectivity index (χ1v) is 12.5. The van der Waals surface area contributed by atoms with Gasteiger partial charge in [0.25, 0.3) is 11.7 Å². The number of Topliss-reactive ketones (excluding diaryl/α,β-unsaturated/α-hetero) is 1. The number of ketones is 1. The number of hydrogen-bond acceptors (Lipinski definition) is 8. The van der Waals surface area contributed by atoms with Crippen molar-refractivity contribution in [3.05, 3.63) is 58.7 Å². The van der Waals surface area contributed by atoms with E-state index in [1.807, 2.05) is 13.0 Å². The highest BCUT2D eigenvalue weighted by Gasteiger charge is 2.47. The van der Waals surface area contributed by atoms with Crippen LogP contribution in [-0.4, -0.2) is 86.3 Å². The minimum Gasteiger partial charge on any atom is -0.507 e. The molecule has 3 aliphatic heterocycles. The van der Waals surface area contributed by atoms with E-state index in [9.17, 15) is 14.7 Å². The van der Waals surface area contributed by atoms with Crippen molar-refractivity contribution in [2.75, 3.05) is 53.6 Å². The molecule has 2 saturated heterocycles. The van der Waals surface area contributed by atoms with Crippen LogP contribution in [0.5, 0.6) is 17.2 Å². The molecule has 196 valence electrons. The number of likely N-dealkylation sites (tertiary alicyclic amines) is 1. The van der Waals surface area contributed by atoms with Crippen LogP contribution in [0.3, 0.4) is 0 Å². The van der Waals surface area contributed by atoms with Gasteiger partial charge in [-0.25, -0.2) is 0 Å². The van der Waals surface area contributed by atoms with Crippen molar-refractivity contribution in [3.63, 3.8) is 0 Å². The highest BCUT2D eigenvalue weighted by molar-refractivity contribution is 6.46. The lowest BCUT2D eigenvalue weighted by atomic mass is 9.93. The maximum atomic E-state index is 13.4. The maximum Gasteiger partial charge on any atom is 0.295 e. The van der Waals surface area contributed by atoms with Crippen molar-refractivity contribution < 1.29 is 33.6 Å². The average molecular weight is 509 g/mol. The molecule has 0 saturated carbocycles. The fourth-order valence-corrected chi connectivity index (χ4v) is 5.28. The second-order valence-electron chi connectivity index (χ2n) is 9.51. The van der Waals surface area contributed by atoms with E-state index in [2.05, 4.69) is 4.90 Å². The molecule has 0 radical (unpaired) electrons. The van der Waals surface area contributed by atoms with Crippen LogP contribution in [0, 0.1) is 0 Å². The Hall–Kier alpha value is -3.56. The predicted octanol–water partition coefficient (Wildman–Crippen LogP) is 2.78. The molecule has 2 atom stereocenters. The molecular weight excluding hydrogens is 476 g/mol. The Bertz CT molecular complexity index is 1240. The molecule has 2 aromatic rings. The molecule has 5 rings (SSSR count). The predicted molar refractivity (Wildman–Crippen MR) is 136 cm³/mol. The number of ether oxygens (including phenoxy) is 4. The molecule has 2 unspecified atom stereocenters. The van der Waals surface area contributed by atoms with E-state index in [1.165, 1.54) is 12.0 Å². The minimum absolute atomic E-state index is 0.0433. The number of morpholine rings is 1. The van der Waals surface area contributed by atoms with Crippen LogP contribution in [0.2, 0.25) is 0 Å². The van der Waals surface area contributed by atoms with Gasteiger partial charge in [0.2, 0.25) is 0 Å². The van der Waals surface area contributed by atoms with Gasteiger partial charge in [-0.2, -0.15) is 0 Å². The van der Waals surface area contributed by atoms with Gasteiger partial charge in [-0.1, -0.05) is 0 Å². The van der Waals surface area contributed by atoms with Gasteiger partial charge < -0.3 is 29.0 Å². The Morgan fingerprint density at radius 3 is 2.57 bits per heavy atom. The van der Waals surface area contributed by atoms with Crippen LogP contribution >= 0.6 is 0 Å². The fraction of sp³-hybridized carbons (Fsp3) is 0.429. The van der Waals surface area contributed by atoms with E-state index in [0.29, 0.717) is 55.4 Å². The Balaban J connectivity index is 1.58. The molecule has 3 aliphatic rings. The zero-order valence-electron chi connectivity index (χ0n) is 21.4. The Labute approximate surface area is 216 Å². The number of fused-ring (bicyclic) bond motifs is 1. The number of rotatable bonds is 7. The van der Waals surface area contributed by atoms with Crippen molar-refractivity contribution in [3.8, 4) is 17.2 Å². The molecule has 0 aromatic heterocycles. The molecule has 2 aromatic carbocycles. The van der Waals surface area contributed by atoms with E-state index in [-0.39, 0.29) is 17.4 Å². The van der Waals surface area contributed by atoms with E-state index in [0.717, 1.165) is 24.4 Å². The Morgan fingerprint density at radius 1 is 1.05 bits per heavy atom. The number of methoxy groups -OCH3 is 2. The second kappa shape index (κ2) is 10.4. The summed E-state index contributed by atoms with van der Waals surface area (Å²) in [7, 11) is 3.08. The largest absolute Gasteiger partial charge is 0.507 e. The van der Waals surface area contributed by atoms with Crippen molar-refractivity contribution in [1.82, 2.24) is 9.80 Å². The van der Waals surface area contributed by atoms with Crippen LogP contribution in [0.4, 0.5) is 0 Å². The molecule has 1 amide bonds. The molecule has 9 heteroatoms. The number of carbonyl (C=O) groups is 2. The van der Waals surface area contributed by atoms with Gasteiger partial charge in [-0.15, -0.1) is 0 Å². The number of nitrogens with zero attached hydrogens (tertiary/aromatic N) is 2. The van der Waals surface area contributed by atoms with Crippen molar-refractivity contribution in [2.24, 2.45) is 0 Å². The number of amides is 1. The molecular formula is C28H32N2O7. The van der Waals surface area contributed by atoms with E-state index < -0.39 is 17.7 Å². The Kier molecular flexibility index (Phi) is 7.08. The lowest BCUT2D eigenvalue weighted by Gasteiger charge is -2.31. The molecule has 3 heterocycles. The standard InChI is InChI=1S/C28H32N2O7/c1-17-14-19-15-18(4-7-22(19)37-17)26(31)24-25(21-6-5-20(34-2)16-23(21)35-3)30(28(33)27(24)32)9-8-29-10-12-36-13-11-29/h4-7,15-17,25,31H,8-14H2,1-3H3/b26-24+. The molecule has 1 N–H and O–H groups in total. The summed E-state index contributed by atoms with van der Waals surface area (Å²) >= 11 is 0. The van der Waals surface area contributed by atoms with Gasteiger partial charge in [0, 0.05) is 49.8 Å². The summed E-state index contributed by atoms with van der Waals surface area (Å²) in [5, 5.41) is 11.5. The fourth-order valence-electron chi connectivity index (χ4n) is 5.28. The monoisotopic (exact) mass is 508 g/mol. The lowest BCUT2D eigenvalue weighted by molar-refractivity contribution is -0.140. The number of aliphatic hydroxyl groups excluding tert-OH is 1. The lowest BCUT2D eigenvalue weighted by Crippen LogP contribution is -2.42. The summed E-state index contributed by atoms with van der Waals surface area (Å²) in [6, 6.07) is 9.78.